The molecule has 0 spiro atoms. The number of hydrogen-bond donors (Lipinski definition) is 3. The first-order chi connectivity index (χ1) is 29.5. The summed E-state index contributed by atoms with van der Waals surface area (Å²) >= 11 is 0. The minimum Gasteiger partial charge on any atom is -0.466 e. The molecule has 0 aromatic rings. The molecule has 354 valence electrons. The standard InChI is InChI=1S/C54H103NO5/c1-3-5-7-9-11-13-15-17-18-19-20-21-22-23-24-26-30-34-38-42-46-52(57)51(50-56)55-53(58)47-43-39-35-31-27-25-29-33-37-41-45-49-60-54(59)48-44-40-36-32-28-16-14-12-10-8-6-4-2/h29,33,42,46,51-52,56-57H,3-28,30-32,34-41,43-45,47-50H2,1-2H3,(H,55,58)/b33-29-,46-42+. The zero-order chi connectivity index (χ0) is 43.7. The molecule has 0 rings (SSSR count). The van der Waals surface area contributed by atoms with E-state index in [1.807, 2.05) is 6.08 Å². The Morgan fingerprint density at radius 3 is 1.18 bits per heavy atom. The van der Waals surface area contributed by atoms with E-state index in [0.29, 0.717) is 19.4 Å². The van der Waals surface area contributed by atoms with Gasteiger partial charge in [0.2, 0.25) is 5.91 Å². The molecule has 0 bridgehead atoms. The van der Waals surface area contributed by atoms with Gasteiger partial charge in [0.15, 0.2) is 0 Å². The molecule has 0 fully saturated rings. The normalized spacial score (nSPS) is 12.8. The van der Waals surface area contributed by atoms with Crippen LogP contribution in [0.2, 0.25) is 0 Å². The lowest BCUT2D eigenvalue weighted by Gasteiger charge is -2.20. The van der Waals surface area contributed by atoms with Crippen molar-refractivity contribution in [1.82, 2.24) is 5.32 Å². The number of nitrogens with one attached hydrogen (secondary N) is 1. The van der Waals surface area contributed by atoms with Crippen LogP contribution in [-0.2, 0) is 14.3 Å². The summed E-state index contributed by atoms with van der Waals surface area (Å²) in [4.78, 5) is 24.4. The van der Waals surface area contributed by atoms with Crippen LogP contribution in [0, 0.1) is 0 Å². The molecular formula is C54H103NO5. The quantitative estimate of drug-likeness (QED) is 0.0322. The Balaban J connectivity index is 3.55. The van der Waals surface area contributed by atoms with Crippen LogP contribution in [0.3, 0.4) is 0 Å². The van der Waals surface area contributed by atoms with Gasteiger partial charge in [-0.2, -0.15) is 0 Å². The number of carbonyl (C=O) groups excluding carboxylic acids is 2. The van der Waals surface area contributed by atoms with E-state index in [9.17, 15) is 19.8 Å². The third-order valence-electron chi connectivity index (χ3n) is 12.2. The van der Waals surface area contributed by atoms with Crippen LogP contribution in [0.25, 0.3) is 0 Å². The van der Waals surface area contributed by atoms with E-state index in [0.717, 1.165) is 83.5 Å². The van der Waals surface area contributed by atoms with Gasteiger partial charge in [-0.25, -0.2) is 0 Å². The number of hydrogen-bond acceptors (Lipinski definition) is 5. The van der Waals surface area contributed by atoms with Crippen molar-refractivity contribution >= 4 is 11.9 Å². The van der Waals surface area contributed by atoms with E-state index in [1.165, 1.54) is 173 Å². The molecule has 2 unspecified atom stereocenters. The molecule has 0 aliphatic heterocycles. The van der Waals surface area contributed by atoms with Crippen molar-refractivity contribution in [3.8, 4) is 0 Å². The fourth-order valence-corrected chi connectivity index (χ4v) is 8.10. The second-order valence-electron chi connectivity index (χ2n) is 18.2. The third-order valence-corrected chi connectivity index (χ3v) is 12.2. The van der Waals surface area contributed by atoms with Crippen LogP contribution < -0.4 is 5.32 Å². The maximum Gasteiger partial charge on any atom is 0.305 e. The SMILES string of the molecule is CCCCCCCCCCCCCCCCCCCC/C=C/C(O)C(CO)NC(=O)CCCCCCC/C=C\CCCCOC(=O)CCCCCCCCCCCCCC. The monoisotopic (exact) mass is 846 g/mol. The average molecular weight is 846 g/mol. The highest BCUT2D eigenvalue weighted by molar-refractivity contribution is 5.76. The summed E-state index contributed by atoms with van der Waals surface area (Å²) < 4.78 is 5.42. The summed E-state index contributed by atoms with van der Waals surface area (Å²) in [5.41, 5.74) is 0. The number of allylic oxidation sites excluding steroid dienone is 3. The molecule has 0 aliphatic rings. The van der Waals surface area contributed by atoms with E-state index < -0.39 is 12.1 Å². The molecule has 60 heavy (non-hydrogen) atoms. The molecule has 0 radical (unpaired) electrons. The Labute approximate surface area is 373 Å². The van der Waals surface area contributed by atoms with Crippen LogP contribution in [0.5, 0.6) is 0 Å². The lowest BCUT2D eigenvalue weighted by Crippen LogP contribution is -2.45. The smallest absolute Gasteiger partial charge is 0.305 e. The highest BCUT2D eigenvalue weighted by Gasteiger charge is 2.18. The van der Waals surface area contributed by atoms with Crippen LogP contribution in [0.4, 0.5) is 0 Å². The Bertz CT molecular complexity index is 935. The predicted octanol–water partition coefficient (Wildman–Crippen LogP) is 15.9. The van der Waals surface area contributed by atoms with Crippen molar-refractivity contribution in [3.05, 3.63) is 24.3 Å². The van der Waals surface area contributed by atoms with Gasteiger partial charge in [-0.05, 0) is 57.8 Å². The van der Waals surface area contributed by atoms with Gasteiger partial charge in [-0.1, -0.05) is 237 Å². The van der Waals surface area contributed by atoms with Crippen LogP contribution in [0.1, 0.15) is 284 Å². The largest absolute Gasteiger partial charge is 0.466 e. The number of amides is 1. The number of rotatable bonds is 49. The molecule has 6 heteroatoms. The van der Waals surface area contributed by atoms with Crippen molar-refractivity contribution in [2.45, 2.75) is 296 Å². The van der Waals surface area contributed by atoms with Gasteiger partial charge >= 0.3 is 5.97 Å². The van der Waals surface area contributed by atoms with Crippen LogP contribution in [0.15, 0.2) is 24.3 Å². The summed E-state index contributed by atoms with van der Waals surface area (Å²) in [5.74, 6) is -0.127. The van der Waals surface area contributed by atoms with Gasteiger partial charge in [-0.3, -0.25) is 9.59 Å². The summed E-state index contributed by atoms with van der Waals surface area (Å²) in [6.45, 7) is 4.83. The molecule has 0 heterocycles. The third kappa shape index (κ3) is 45.9. The number of aliphatic hydroxyl groups excluding tert-OH is 2. The summed E-state index contributed by atoms with van der Waals surface area (Å²) in [6, 6.07) is -0.648. The second-order valence-corrected chi connectivity index (χ2v) is 18.2. The Morgan fingerprint density at radius 1 is 0.450 bits per heavy atom. The van der Waals surface area contributed by atoms with E-state index in [2.05, 4.69) is 31.3 Å². The Morgan fingerprint density at radius 2 is 0.783 bits per heavy atom. The fraction of sp³-hybridized carbons (Fsp3) is 0.889. The number of carbonyl (C=O) groups is 2. The first-order valence-corrected chi connectivity index (χ1v) is 26.6. The van der Waals surface area contributed by atoms with Gasteiger partial charge < -0.3 is 20.3 Å². The van der Waals surface area contributed by atoms with Crippen molar-refractivity contribution < 1.29 is 24.5 Å². The molecule has 6 nitrogen and oxygen atoms in total. The average Bonchev–Trinajstić information content (AvgIpc) is 3.25. The number of aliphatic hydroxyl groups is 2. The van der Waals surface area contributed by atoms with Crippen molar-refractivity contribution in [2.75, 3.05) is 13.2 Å². The van der Waals surface area contributed by atoms with Crippen LogP contribution in [-0.4, -0.2) is 47.4 Å². The molecule has 0 saturated carbocycles. The summed E-state index contributed by atoms with van der Waals surface area (Å²) in [7, 11) is 0. The maximum atomic E-state index is 12.4. The zero-order valence-electron chi connectivity index (χ0n) is 40.2. The molecule has 0 aromatic carbocycles. The fourth-order valence-electron chi connectivity index (χ4n) is 8.10. The highest BCUT2D eigenvalue weighted by atomic mass is 16.5. The van der Waals surface area contributed by atoms with Gasteiger partial charge in [0.25, 0.3) is 0 Å². The number of unbranched alkanes of at least 4 members (excludes halogenated alkanes) is 36. The first kappa shape index (κ1) is 58.3. The minimum absolute atomic E-state index is 0.0322. The molecular weight excluding hydrogens is 743 g/mol. The van der Waals surface area contributed by atoms with E-state index >= 15 is 0 Å². The Kier molecular flexibility index (Phi) is 48.6. The molecule has 0 aliphatic carbocycles. The van der Waals surface area contributed by atoms with Crippen molar-refractivity contribution in [3.63, 3.8) is 0 Å². The summed E-state index contributed by atoms with van der Waals surface area (Å²) in [6.07, 6.45) is 59.0. The zero-order valence-corrected chi connectivity index (χ0v) is 40.2. The second kappa shape index (κ2) is 50.0. The van der Waals surface area contributed by atoms with Gasteiger partial charge in [0.05, 0.1) is 25.4 Å². The lowest BCUT2D eigenvalue weighted by atomic mass is 10.0. The van der Waals surface area contributed by atoms with Gasteiger partial charge in [-0.15, -0.1) is 0 Å². The van der Waals surface area contributed by atoms with Gasteiger partial charge in [0, 0.05) is 12.8 Å². The predicted molar refractivity (Wildman–Crippen MR) is 260 cm³/mol. The molecule has 0 saturated heterocycles. The minimum atomic E-state index is -0.862. The lowest BCUT2D eigenvalue weighted by molar-refractivity contribution is -0.143. The van der Waals surface area contributed by atoms with E-state index in [-0.39, 0.29) is 18.5 Å². The highest BCUT2D eigenvalue weighted by Crippen LogP contribution is 2.16. The van der Waals surface area contributed by atoms with E-state index in [4.69, 9.17) is 4.74 Å². The molecule has 3 N–H and O–H groups in total. The molecule has 0 aromatic heterocycles. The molecule has 1 amide bonds. The van der Waals surface area contributed by atoms with Crippen LogP contribution >= 0.6 is 0 Å². The first-order valence-electron chi connectivity index (χ1n) is 26.6. The number of esters is 1. The van der Waals surface area contributed by atoms with Crippen molar-refractivity contribution in [1.29, 1.82) is 0 Å². The summed E-state index contributed by atoms with van der Waals surface area (Å²) in [5, 5.41) is 23.1. The molecule has 2 atom stereocenters. The Hall–Kier alpha value is -1.66. The number of ether oxygens (including phenoxy) is 1. The maximum absolute atomic E-state index is 12.4. The van der Waals surface area contributed by atoms with E-state index in [1.54, 1.807) is 6.08 Å². The van der Waals surface area contributed by atoms with Gasteiger partial charge in [0.1, 0.15) is 0 Å². The van der Waals surface area contributed by atoms with Crippen molar-refractivity contribution in [2.24, 2.45) is 0 Å². The topological polar surface area (TPSA) is 95.9 Å².